The van der Waals surface area contributed by atoms with E-state index in [4.69, 9.17) is 11.3 Å². The number of nitriles is 1. The van der Waals surface area contributed by atoms with Crippen LogP contribution < -0.4 is 4.90 Å². The molecule has 0 bridgehead atoms. The molecule has 1 fully saturated rings. The largest absolute Gasteiger partial charge is 0.456 e. The summed E-state index contributed by atoms with van der Waals surface area (Å²) in [4.78, 5) is 7.42. The second-order valence-corrected chi connectivity index (χ2v) is 12.6. The maximum atomic E-state index is 9.92. The van der Waals surface area contributed by atoms with Crippen LogP contribution in [0.1, 0.15) is 49.0 Å². The molecule has 45 heavy (non-hydrogen) atoms. The van der Waals surface area contributed by atoms with Crippen LogP contribution in [-0.2, 0) is 4.74 Å². The van der Waals surface area contributed by atoms with Crippen LogP contribution in [0.4, 0.5) is 5.00 Å². The van der Waals surface area contributed by atoms with Crippen LogP contribution in [0.25, 0.3) is 38.9 Å². The Morgan fingerprint density at radius 2 is 1.42 bits per heavy atom. The summed E-state index contributed by atoms with van der Waals surface area (Å²) >= 11 is 1.87. The van der Waals surface area contributed by atoms with Gasteiger partial charge >= 0.3 is 0 Å². The van der Waals surface area contributed by atoms with Gasteiger partial charge in [0.25, 0.3) is 5.70 Å². The van der Waals surface area contributed by atoms with E-state index in [0.29, 0.717) is 11.3 Å². The van der Waals surface area contributed by atoms with Crippen LogP contribution in [0, 0.1) is 17.9 Å². The topological polar surface area (TPSA) is 40.6 Å². The van der Waals surface area contributed by atoms with E-state index in [9.17, 15) is 5.26 Å². The molecule has 3 heterocycles. The van der Waals surface area contributed by atoms with Gasteiger partial charge in [-0.05, 0) is 73.0 Å². The standard InChI is InChI=1S/C40H33N3OS/c1-42-34(27-41)33-26-35(28-15-6-2-7-16-28)44-39-31(21-14-22-32(33)39)25-36-37(29-17-8-3-9-18-29)38(30-19-10-4-11-20-30)40(45-36)43-23-12-5-13-24-43/h2-4,6-11,15-20,25-26H,5,12-14,21-24H2/b31-25+,34-33-. The van der Waals surface area contributed by atoms with E-state index in [0.717, 1.165) is 54.8 Å². The monoisotopic (exact) mass is 603 g/mol. The SMILES string of the molecule is [C-]#[N+]/C(C#N)=C1/C=C(c2ccccc2)OC2=C1CCC/C2=C\c1sc(N2CCCCC2)c(-c2ccccc2)c1-c1ccccc1. The molecular formula is C40H33N3OS. The van der Waals surface area contributed by atoms with Crippen molar-refractivity contribution < 1.29 is 4.74 Å². The number of benzene rings is 3. The Morgan fingerprint density at radius 3 is 2.04 bits per heavy atom. The van der Waals surface area contributed by atoms with Gasteiger partial charge < -0.3 is 9.64 Å². The van der Waals surface area contributed by atoms with E-state index in [1.54, 1.807) is 0 Å². The molecule has 1 aliphatic carbocycles. The number of rotatable bonds is 5. The molecule has 0 radical (unpaired) electrons. The maximum Gasteiger partial charge on any atom is 0.269 e. The highest BCUT2D eigenvalue weighted by molar-refractivity contribution is 7.18. The van der Waals surface area contributed by atoms with Gasteiger partial charge in [-0.25, -0.2) is 10.1 Å². The van der Waals surface area contributed by atoms with Crippen molar-refractivity contribution in [2.24, 2.45) is 0 Å². The molecular weight excluding hydrogens is 571 g/mol. The Kier molecular flexibility index (Phi) is 8.19. The van der Waals surface area contributed by atoms with Crippen molar-refractivity contribution >= 4 is 28.2 Å². The summed E-state index contributed by atoms with van der Waals surface area (Å²) in [5.74, 6) is 1.46. The van der Waals surface area contributed by atoms with Crippen LogP contribution in [0.5, 0.6) is 0 Å². The third kappa shape index (κ3) is 5.64. The van der Waals surface area contributed by atoms with E-state index in [2.05, 4.69) is 82.6 Å². The molecule has 5 heteroatoms. The third-order valence-electron chi connectivity index (χ3n) is 8.77. The van der Waals surface area contributed by atoms with Crippen LogP contribution >= 0.6 is 11.3 Å². The number of nitrogens with zero attached hydrogens (tertiary/aromatic N) is 3. The minimum absolute atomic E-state index is 0.111. The lowest BCUT2D eigenvalue weighted by atomic mass is 9.85. The minimum Gasteiger partial charge on any atom is -0.456 e. The number of hydrogen-bond acceptors (Lipinski definition) is 4. The lowest BCUT2D eigenvalue weighted by Crippen LogP contribution is -2.28. The first-order chi connectivity index (χ1) is 22.2. The van der Waals surface area contributed by atoms with E-state index < -0.39 is 0 Å². The fourth-order valence-corrected chi connectivity index (χ4v) is 8.00. The van der Waals surface area contributed by atoms with Gasteiger partial charge in [-0.1, -0.05) is 91.0 Å². The summed E-state index contributed by atoms with van der Waals surface area (Å²) in [6, 6.07) is 33.6. The number of allylic oxidation sites excluding steroid dienone is 5. The molecule has 220 valence electrons. The van der Waals surface area contributed by atoms with Crippen molar-refractivity contribution in [1.29, 1.82) is 5.26 Å². The van der Waals surface area contributed by atoms with Gasteiger partial charge in [0, 0.05) is 40.2 Å². The average molecular weight is 604 g/mol. The highest BCUT2D eigenvalue weighted by Crippen LogP contribution is 2.51. The van der Waals surface area contributed by atoms with Crippen molar-refractivity contribution in [3.63, 3.8) is 0 Å². The zero-order valence-corrected chi connectivity index (χ0v) is 25.9. The Labute approximate surface area is 269 Å². The van der Waals surface area contributed by atoms with Crippen LogP contribution in [0.3, 0.4) is 0 Å². The second kappa shape index (κ2) is 12.9. The van der Waals surface area contributed by atoms with Gasteiger partial charge in [-0.15, -0.1) is 11.3 Å². The maximum absolute atomic E-state index is 9.92. The Bertz CT molecular complexity index is 1910. The quantitative estimate of drug-likeness (QED) is 0.168. The zero-order chi connectivity index (χ0) is 30.6. The molecule has 1 aromatic heterocycles. The molecule has 0 amide bonds. The highest BCUT2D eigenvalue weighted by Gasteiger charge is 2.30. The lowest BCUT2D eigenvalue weighted by molar-refractivity contribution is 0.369. The van der Waals surface area contributed by atoms with Gasteiger partial charge in [-0.2, -0.15) is 0 Å². The average Bonchev–Trinajstić information content (AvgIpc) is 3.49. The van der Waals surface area contributed by atoms with E-state index in [1.807, 2.05) is 47.7 Å². The fourth-order valence-electron chi connectivity index (χ4n) is 6.64. The molecule has 3 aliphatic rings. The Morgan fingerprint density at radius 1 is 0.800 bits per heavy atom. The number of thiophene rings is 1. The summed E-state index contributed by atoms with van der Waals surface area (Å²) in [6.45, 7) is 9.90. The van der Waals surface area contributed by atoms with Crippen molar-refractivity contribution in [2.45, 2.75) is 38.5 Å². The minimum atomic E-state index is 0.111. The molecule has 2 aliphatic heterocycles. The summed E-state index contributed by atoms with van der Waals surface area (Å²) < 4.78 is 6.73. The predicted molar refractivity (Wildman–Crippen MR) is 185 cm³/mol. The Hall–Kier alpha value is -5.10. The first-order valence-corrected chi connectivity index (χ1v) is 16.5. The van der Waals surface area contributed by atoms with Gasteiger partial charge in [0.1, 0.15) is 16.5 Å². The number of hydrogen-bond donors (Lipinski definition) is 0. The van der Waals surface area contributed by atoms with Crippen LogP contribution in [0.2, 0.25) is 0 Å². The molecule has 1 saturated heterocycles. The molecule has 3 aromatic carbocycles. The van der Waals surface area contributed by atoms with Crippen LogP contribution in [0.15, 0.2) is 125 Å². The summed E-state index contributed by atoms with van der Waals surface area (Å²) in [5.41, 5.74) is 8.75. The summed E-state index contributed by atoms with van der Waals surface area (Å²) in [7, 11) is 0. The zero-order valence-electron chi connectivity index (χ0n) is 25.1. The summed E-state index contributed by atoms with van der Waals surface area (Å²) in [6.07, 6.45) is 10.5. The number of anilines is 1. The predicted octanol–water partition coefficient (Wildman–Crippen LogP) is 10.7. The first kappa shape index (κ1) is 28.7. The molecule has 0 N–H and O–H groups in total. The van der Waals surface area contributed by atoms with Gasteiger partial charge in [0.15, 0.2) is 0 Å². The molecule has 0 saturated carbocycles. The summed E-state index contributed by atoms with van der Waals surface area (Å²) in [5, 5.41) is 11.2. The van der Waals surface area contributed by atoms with Gasteiger partial charge in [-0.3, -0.25) is 0 Å². The molecule has 0 unspecified atom stereocenters. The van der Waals surface area contributed by atoms with Crippen molar-refractivity contribution in [1.82, 2.24) is 0 Å². The molecule has 4 nitrogen and oxygen atoms in total. The highest BCUT2D eigenvalue weighted by atomic mass is 32.1. The fraction of sp³-hybridized carbons (Fsp3) is 0.200. The van der Waals surface area contributed by atoms with Gasteiger partial charge in [0.2, 0.25) is 0 Å². The number of piperidine rings is 1. The molecule has 0 spiro atoms. The molecule has 0 atom stereocenters. The Balaban J connectivity index is 1.45. The number of ether oxygens (including phenoxy) is 1. The van der Waals surface area contributed by atoms with E-state index in [-0.39, 0.29) is 5.70 Å². The van der Waals surface area contributed by atoms with Crippen molar-refractivity contribution in [2.75, 3.05) is 18.0 Å². The van der Waals surface area contributed by atoms with Crippen LogP contribution in [-0.4, -0.2) is 13.1 Å². The first-order valence-electron chi connectivity index (χ1n) is 15.7. The normalized spacial score (nSPS) is 18.4. The molecule has 7 rings (SSSR count). The van der Waals surface area contributed by atoms with Gasteiger partial charge in [0.05, 0.1) is 12.6 Å². The van der Waals surface area contributed by atoms with Crippen molar-refractivity contribution in [3.8, 4) is 28.3 Å². The smallest absolute Gasteiger partial charge is 0.269 e. The lowest BCUT2D eigenvalue weighted by Gasteiger charge is -2.29. The third-order valence-corrected chi connectivity index (χ3v) is 9.97. The molecule has 4 aromatic rings. The van der Waals surface area contributed by atoms with E-state index in [1.165, 1.54) is 51.4 Å². The van der Waals surface area contributed by atoms with E-state index >= 15 is 0 Å². The second-order valence-electron chi connectivity index (χ2n) is 11.6. The van der Waals surface area contributed by atoms with Crippen molar-refractivity contribution in [3.05, 3.63) is 147 Å².